The maximum atomic E-state index is 10.6. The predicted molar refractivity (Wildman–Crippen MR) is 49.5 cm³/mol. The number of aromatic nitrogens is 1. The van der Waals surface area contributed by atoms with Crippen LogP contribution < -0.4 is 0 Å². The summed E-state index contributed by atoms with van der Waals surface area (Å²) in [6.45, 7) is 0. The zero-order valence-electron chi connectivity index (χ0n) is 6.28. The molecule has 2 aromatic heterocycles. The lowest BCUT2D eigenvalue weighted by Crippen LogP contribution is -1.79. The molecule has 2 rings (SSSR count). The molecule has 0 aliphatic heterocycles. The summed E-state index contributed by atoms with van der Waals surface area (Å²) in [5.74, 6) is 0. The van der Waals surface area contributed by atoms with E-state index < -0.39 is 0 Å². The molecule has 0 spiro atoms. The van der Waals surface area contributed by atoms with Crippen LogP contribution in [0.1, 0.15) is 10.4 Å². The van der Waals surface area contributed by atoms with Crippen LogP contribution in [0, 0.1) is 0 Å². The van der Waals surface area contributed by atoms with Gasteiger partial charge in [0.2, 0.25) is 0 Å². The third-order valence-electron chi connectivity index (χ3n) is 1.67. The molecule has 2 aromatic rings. The zero-order chi connectivity index (χ0) is 8.39. The first-order valence-electron chi connectivity index (χ1n) is 3.58. The van der Waals surface area contributed by atoms with Gasteiger partial charge < -0.3 is 4.98 Å². The first-order chi connectivity index (χ1) is 5.92. The molecule has 2 nitrogen and oxygen atoms in total. The van der Waals surface area contributed by atoms with Gasteiger partial charge in [-0.05, 0) is 17.5 Å². The first kappa shape index (κ1) is 7.31. The minimum Gasteiger partial charge on any atom is -0.360 e. The number of aromatic amines is 1. The largest absolute Gasteiger partial charge is 0.360 e. The number of carbonyl (C=O) groups excluding carboxylic acids is 1. The third-order valence-corrected chi connectivity index (χ3v) is 2.56. The number of carbonyl (C=O) groups is 1. The maximum Gasteiger partial charge on any atom is 0.152 e. The highest BCUT2D eigenvalue weighted by molar-refractivity contribution is 7.13. The van der Waals surface area contributed by atoms with Crippen molar-refractivity contribution in [2.24, 2.45) is 0 Å². The van der Waals surface area contributed by atoms with Crippen LogP contribution in [-0.2, 0) is 0 Å². The molecular formula is C9H7NOS. The van der Waals surface area contributed by atoms with Gasteiger partial charge in [-0.3, -0.25) is 4.79 Å². The van der Waals surface area contributed by atoms with Crippen LogP contribution in [0.25, 0.3) is 10.6 Å². The summed E-state index contributed by atoms with van der Waals surface area (Å²) >= 11 is 1.62. The fourth-order valence-electron chi connectivity index (χ4n) is 1.11. The average molecular weight is 177 g/mol. The molecule has 2 heterocycles. The summed E-state index contributed by atoms with van der Waals surface area (Å²) in [4.78, 5) is 14.7. The summed E-state index contributed by atoms with van der Waals surface area (Å²) in [7, 11) is 0. The highest BCUT2D eigenvalue weighted by atomic mass is 32.1. The van der Waals surface area contributed by atoms with Crippen molar-refractivity contribution in [1.82, 2.24) is 4.98 Å². The standard InChI is InChI=1S/C9H7NOS/c11-6-7-3-4-10-9(7)8-2-1-5-12-8/h1-6,10H. The molecule has 1 N–H and O–H groups in total. The first-order valence-corrected chi connectivity index (χ1v) is 4.46. The molecule has 0 radical (unpaired) electrons. The smallest absolute Gasteiger partial charge is 0.152 e. The minimum atomic E-state index is 0.720. The molecule has 0 aliphatic rings. The molecule has 0 atom stereocenters. The van der Waals surface area contributed by atoms with E-state index in [0.29, 0.717) is 0 Å². The summed E-state index contributed by atoms with van der Waals surface area (Å²) in [5, 5.41) is 1.99. The Balaban J connectivity index is 2.53. The molecule has 60 valence electrons. The van der Waals surface area contributed by atoms with Crippen LogP contribution >= 0.6 is 11.3 Å². The molecule has 0 saturated heterocycles. The lowest BCUT2D eigenvalue weighted by Gasteiger charge is -1.92. The van der Waals surface area contributed by atoms with E-state index in [4.69, 9.17) is 0 Å². The Morgan fingerprint density at radius 1 is 1.42 bits per heavy atom. The van der Waals surface area contributed by atoms with Gasteiger partial charge in [0.25, 0.3) is 0 Å². The van der Waals surface area contributed by atoms with Gasteiger partial charge in [0.05, 0.1) is 10.6 Å². The van der Waals surface area contributed by atoms with Gasteiger partial charge in [0.1, 0.15) is 0 Å². The molecule has 0 aromatic carbocycles. The van der Waals surface area contributed by atoms with E-state index in [2.05, 4.69) is 4.98 Å². The van der Waals surface area contributed by atoms with Crippen molar-refractivity contribution in [3.8, 4) is 10.6 Å². The number of aldehydes is 1. The number of rotatable bonds is 2. The van der Waals surface area contributed by atoms with Crippen LogP contribution in [0.4, 0.5) is 0 Å². The Kier molecular flexibility index (Phi) is 1.80. The third kappa shape index (κ3) is 1.08. The van der Waals surface area contributed by atoms with Crippen molar-refractivity contribution in [3.05, 3.63) is 35.3 Å². The number of thiophene rings is 1. The number of nitrogens with one attached hydrogen (secondary N) is 1. The Morgan fingerprint density at radius 2 is 2.33 bits per heavy atom. The lowest BCUT2D eigenvalue weighted by molar-refractivity contribution is 0.112. The van der Waals surface area contributed by atoms with Crippen molar-refractivity contribution < 1.29 is 4.79 Å². The second-order valence-corrected chi connectivity index (χ2v) is 3.35. The molecule has 3 heteroatoms. The van der Waals surface area contributed by atoms with E-state index >= 15 is 0 Å². The quantitative estimate of drug-likeness (QED) is 0.702. The van der Waals surface area contributed by atoms with E-state index in [0.717, 1.165) is 22.4 Å². The van der Waals surface area contributed by atoms with Gasteiger partial charge in [-0.2, -0.15) is 0 Å². The Morgan fingerprint density at radius 3 is 3.00 bits per heavy atom. The summed E-state index contributed by atoms with van der Waals surface area (Å²) in [6, 6.07) is 5.74. The van der Waals surface area contributed by atoms with Crippen LogP contribution in [0.15, 0.2) is 29.8 Å². The number of hydrogen-bond acceptors (Lipinski definition) is 2. The van der Waals surface area contributed by atoms with E-state index in [1.54, 1.807) is 23.6 Å². The predicted octanol–water partition coefficient (Wildman–Crippen LogP) is 2.56. The fourth-order valence-corrected chi connectivity index (χ4v) is 1.87. The molecule has 0 aliphatic carbocycles. The molecule has 0 unspecified atom stereocenters. The molecule has 0 amide bonds. The van der Waals surface area contributed by atoms with Crippen LogP contribution in [0.3, 0.4) is 0 Å². The van der Waals surface area contributed by atoms with Gasteiger partial charge in [-0.1, -0.05) is 6.07 Å². The van der Waals surface area contributed by atoms with Crippen LogP contribution in [0.5, 0.6) is 0 Å². The topological polar surface area (TPSA) is 32.9 Å². The van der Waals surface area contributed by atoms with Gasteiger partial charge >= 0.3 is 0 Å². The van der Waals surface area contributed by atoms with E-state index in [9.17, 15) is 4.79 Å². The Bertz CT molecular complexity index is 375. The van der Waals surface area contributed by atoms with Gasteiger partial charge in [-0.25, -0.2) is 0 Å². The van der Waals surface area contributed by atoms with Crippen molar-refractivity contribution in [3.63, 3.8) is 0 Å². The lowest BCUT2D eigenvalue weighted by atomic mass is 10.2. The van der Waals surface area contributed by atoms with Gasteiger partial charge in [0, 0.05) is 11.8 Å². The molecular weight excluding hydrogens is 170 g/mol. The fraction of sp³-hybridized carbons (Fsp3) is 0. The normalized spacial score (nSPS) is 10.0. The van der Waals surface area contributed by atoms with E-state index in [1.807, 2.05) is 17.5 Å². The molecule has 0 saturated carbocycles. The molecule has 12 heavy (non-hydrogen) atoms. The van der Waals surface area contributed by atoms with Crippen molar-refractivity contribution in [2.75, 3.05) is 0 Å². The second-order valence-electron chi connectivity index (χ2n) is 2.40. The molecule has 0 bridgehead atoms. The summed E-state index contributed by atoms with van der Waals surface area (Å²) < 4.78 is 0. The van der Waals surface area contributed by atoms with Crippen LogP contribution in [-0.4, -0.2) is 11.3 Å². The summed E-state index contributed by atoms with van der Waals surface area (Å²) in [5.41, 5.74) is 1.64. The summed E-state index contributed by atoms with van der Waals surface area (Å²) in [6.07, 6.45) is 2.64. The maximum absolute atomic E-state index is 10.6. The van der Waals surface area contributed by atoms with Crippen LogP contribution in [0.2, 0.25) is 0 Å². The van der Waals surface area contributed by atoms with E-state index in [-0.39, 0.29) is 0 Å². The van der Waals surface area contributed by atoms with Crippen molar-refractivity contribution in [2.45, 2.75) is 0 Å². The van der Waals surface area contributed by atoms with E-state index in [1.165, 1.54) is 0 Å². The molecule has 0 fully saturated rings. The highest BCUT2D eigenvalue weighted by Crippen LogP contribution is 2.25. The Hall–Kier alpha value is -1.35. The number of H-pyrrole nitrogens is 1. The highest BCUT2D eigenvalue weighted by Gasteiger charge is 2.04. The van der Waals surface area contributed by atoms with Gasteiger partial charge in [-0.15, -0.1) is 11.3 Å². The minimum absolute atomic E-state index is 0.720. The number of hydrogen-bond donors (Lipinski definition) is 1. The Labute approximate surface area is 73.9 Å². The van der Waals surface area contributed by atoms with Crippen molar-refractivity contribution in [1.29, 1.82) is 0 Å². The SMILES string of the molecule is O=Cc1cc[nH]c1-c1cccs1. The zero-order valence-corrected chi connectivity index (χ0v) is 7.10. The monoisotopic (exact) mass is 177 g/mol. The average Bonchev–Trinajstić information content (AvgIpc) is 2.74. The second kappa shape index (κ2) is 2.95. The van der Waals surface area contributed by atoms with Crippen molar-refractivity contribution >= 4 is 17.6 Å². The van der Waals surface area contributed by atoms with Gasteiger partial charge in [0.15, 0.2) is 6.29 Å².